The van der Waals surface area contributed by atoms with Crippen molar-refractivity contribution < 1.29 is 12.8 Å². The maximum atomic E-state index is 13.2. The minimum Gasteiger partial charge on any atom is -0.389 e. The highest BCUT2D eigenvalue weighted by atomic mass is 32.2. The summed E-state index contributed by atoms with van der Waals surface area (Å²) in [6.07, 6.45) is 0. The van der Waals surface area contributed by atoms with Gasteiger partial charge in [-0.2, -0.15) is 0 Å². The molecule has 3 N–H and O–H groups in total. The zero-order chi connectivity index (χ0) is 15.6. The first-order chi connectivity index (χ1) is 9.79. The second-order valence-electron chi connectivity index (χ2n) is 4.47. The van der Waals surface area contributed by atoms with Gasteiger partial charge in [-0.15, -0.1) is 0 Å². The molecular formula is C14H13FN2O2S2. The summed E-state index contributed by atoms with van der Waals surface area (Å²) in [7, 11) is -3.79. The Labute approximate surface area is 127 Å². The highest BCUT2D eigenvalue weighted by Gasteiger charge is 2.17. The van der Waals surface area contributed by atoms with Gasteiger partial charge in [0.2, 0.25) is 0 Å². The molecule has 7 heteroatoms. The molecule has 0 saturated heterocycles. The number of aryl methyl sites for hydroxylation is 1. The maximum absolute atomic E-state index is 13.2. The molecule has 0 unspecified atom stereocenters. The Bertz CT molecular complexity index is 787. The fourth-order valence-electron chi connectivity index (χ4n) is 1.73. The van der Waals surface area contributed by atoms with Crippen molar-refractivity contribution in [2.75, 3.05) is 4.72 Å². The molecule has 0 saturated carbocycles. The van der Waals surface area contributed by atoms with Crippen molar-refractivity contribution in [3.8, 4) is 0 Å². The van der Waals surface area contributed by atoms with Crippen LogP contribution in [0.15, 0.2) is 47.4 Å². The Morgan fingerprint density at radius 1 is 1.19 bits per heavy atom. The molecule has 110 valence electrons. The minimum atomic E-state index is -3.79. The third-order valence-corrected chi connectivity index (χ3v) is 4.42. The molecular weight excluding hydrogens is 311 g/mol. The molecule has 0 aromatic heterocycles. The van der Waals surface area contributed by atoms with Gasteiger partial charge in [-0.3, -0.25) is 4.72 Å². The summed E-state index contributed by atoms with van der Waals surface area (Å²) in [4.78, 5) is 0.0161. The molecule has 0 aliphatic heterocycles. The lowest BCUT2D eigenvalue weighted by molar-refractivity contribution is 0.601. The van der Waals surface area contributed by atoms with Gasteiger partial charge in [-0.05, 0) is 37.3 Å². The first-order valence-electron chi connectivity index (χ1n) is 5.98. The number of benzene rings is 2. The van der Waals surface area contributed by atoms with Crippen molar-refractivity contribution in [1.29, 1.82) is 0 Å². The van der Waals surface area contributed by atoms with Crippen LogP contribution in [0.1, 0.15) is 11.1 Å². The lowest BCUT2D eigenvalue weighted by Crippen LogP contribution is -2.18. The first kappa shape index (κ1) is 15.4. The van der Waals surface area contributed by atoms with Crippen LogP contribution >= 0.6 is 12.2 Å². The smallest absolute Gasteiger partial charge is 0.261 e. The predicted molar refractivity (Wildman–Crippen MR) is 84.3 cm³/mol. The third kappa shape index (κ3) is 3.56. The average molecular weight is 324 g/mol. The van der Waals surface area contributed by atoms with Crippen LogP contribution in [0.3, 0.4) is 0 Å². The molecule has 0 atom stereocenters. The highest BCUT2D eigenvalue weighted by Crippen LogP contribution is 2.21. The standard InChI is InChI=1S/C14H13FN2O2S2/c1-9-2-5-11(6-3-9)21(18,19)17-13-7-4-10(15)8-12(13)14(16)20/h2-8,17H,1H3,(H2,16,20). The molecule has 0 spiro atoms. The third-order valence-electron chi connectivity index (χ3n) is 2.82. The van der Waals surface area contributed by atoms with Gasteiger partial charge in [0.25, 0.3) is 10.0 Å². The van der Waals surface area contributed by atoms with Gasteiger partial charge in [0.15, 0.2) is 0 Å². The predicted octanol–water partition coefficient (Wildman–Crippen LogP) is 2.57. The summed E-state index contributed by atoms with van der Waals surface area (Å²) in [5, 5.41) is 0. The van der Waals surface area contributed by atoms with E-state index in [1.165, 1.54) is 18.2 Å². The van der Waals surface area contributed by atoms with Crippen molar-refractivity contribution >= 4 is 32.9 Å². The van der Waals surface area contributed by atoms with Gasteiger partial charge in [0.05, 0.1) is 10.6 Å². The van der Waals surface area contributed by atoms with E-state index in [-0.39, 0.29) is 21.1 Å². The van der Waals surface area contributed by atoms with Gasteiger partial charge in [0.1, 0.15) is 10.8 Å². The number of thiocarbonyl (C=S) groups is 1. The average Bonchev–Trinajstić information content (AvgIpc) is 2.41. The molecule has 0 radical (unpaired) electrons. The van der Waals surface area contributed by atoms with E-state index >= 15 is 0 Å². The van der Waals surface area contributed by atoms with E-state index in [0.29, 0.717) is 0 Å². The zero-order valence-electron chi connectivity index (χ0n) is 11.1. The number of sulfonamides is 1. The van der Waals surface area contributed by atoms with E-state index in [0.717, 1.165) is 17.7 Å². The van der Waals surface area contributed by atoms with E-state index in [9.17, 15) is 12.8 Å². The molecule has 0 aliphatic rings. The Kier molecular flexibility index (Phi) is 4.24. The van der Waals surface area contributed by atoms with Crippen LogP contribution in [-0.2, 0) is 10.0 Å². The van der Waals surface area contributed by atoms with Crippen LogP contribution in [0, 0.1) is 12.7 Å². The van der Waals surface area contributed by atoms with Crippen molar-refractivity contribution in [2.45, 2.75) is 11.8 Å². The molecule has 0 amide bonds. The molecule has 0 fully saturated rings. The second kappa shape index (κ2) is 5.79. The maximum Gasteiger partial charge on any atom is 0.261 e. The number of hydrogen-bond donors (Lipinski definition) is 2. The normalized spacial score (nSPS) is 11.1. The molecule has 2 aromatic carbocycles. The van der Waals surface area contributed by atoms with Crippen LogP contribution in [0.4, 0.5) is 10.1 Å². The van der Waals surface area contributed by atoms with Crippen LogP contribution in [0.25, 0.3) is 0 Å². The summed E-state index contributed by atoms with van der Waals surface area (Å²) in [5.74, 6) is -0.545. The fourth-order valence-corrected chi connectivity index (χ4v) is 2.98. The molecule has 4 nitrogen and oxygen atoms in total. The van der Waals surface area contributed by atoms with E-state index in [4.69, 9.17) is 18.0 Å². The number of hydrogen-bond acceptors (Lipinski definition) is 3. The summed E-state index contributed by atoms with van der Waals surface area (Å²) in [6, 6.07) is 9.87. The molecule has 21 heavy (non-hydrogen) atoms. The lowest BCUT2D eigenvalue weighted by Gasteiger charge is -2.12. The summed E-state index contributed by atoms with van der Waals surface area (Å²) in [5.41, 5.74) is 6.72. The Balaban J connectivity index is 2.41. The van der Waals surface area contributed by atoms with Crippen LogP contribution < -0.4 is 10.5 Å². The van der Waals surface area contributed by atoms with Crippen LogP contribution in [0.5, 0.6) is 0 Å². The number of nitrogens with two attached hydrogens (primary N) is 1. The largest absolute Gasteiger partial charge is 0.389 e. The Morgan fingerprint density at radius 2 is 1.81 bits per heavy atom. The molecule has 2 aromatic rings. The van der Waals surface area contributed by atoms with E-state index in [1.54, 1.807) is 12.1 Å². The van der Waals surface area contributed by atoms with Crippen molar-refractivity contribution in [2.24, 2.45) is 5.73 Å². The van der Waals surface area contributed by atoms with E-state index < -0.39 is 15.8 Å². The SMILES string of the molecule is Cc1ccc(S(=O)(=O)Nc2ccc(F)cc2C(N)=S)cc1. The number of nitrogens with one attached hydrogen (secondary N) is 1. The minimum absolute atomic E-state index is 0.0869. The van der Waals surface area contributed by atoms with Crippen molar-refractivity contribution in [3.63, 3.8) is 0 Å². The van der Waals surface area contributed by atoms with Crippen LogP contribution in [-0.4, -0.2) is 13.4 Å². The molecule has 0 aliphatic carbocycles. The molecule has 0 heterocycles. The van der Waals surface area contributed by atoms with Gasteiger partial charge in [-0.25, -0.2) is 12.8 Å². The molecule has 2 rings (SSSR count). The zero-order valence-corrected chi connectivity index (χ0v) is 12.8. The van der Waals surface area contributed by atoms with Crippen molar-refractivity contribution in [1.82, 2.24) is 0 Å². The Morgan fingerprint density at radius 3 is 2.38 bits per heavy atom. The Hall–Kier alpha value is -1.99. The topological polar surface area (TPSA) is 72.2 Å². The van der Waals surface area contributed by atoms with Gasteiger partial charge in [-0.1, -0.05) is 29.9 Å². The quantitative estimate of drug-likeness (QED) is 0.848. The van der Waals surface area contributed by atoms with Gasteiger partial charge in [0, 0.05) is 5.56 Å². The first-order valence-corrected chi connectivity index (χ1v) is 7.87. The van der Waals surface area contributed by atoms with Crippen LogP contribution in [0.2, 0.25) is 0 Å². The fraction of sp³-hybridized carbons (Fsp3) is 0.0714. The lowest BCUT2D eigenvalue weighted by atomic mass is 10.2. The summed E-state index contributed by atoms with van der Waals surface area (Å²) >= 11 is 4.81. The number of rotatable bonds is 4. The highest BCUT2D eigenvalue weighted by molar-refractivity contribution is 7.92. The van der Waals surface area contributed by atoms with Gasteiger partial charge >= 0.3 is 0 Å². The van der Waals surface area contributed by atoms with E-state index in [1.807, 2.05) is 6.92 Å². The molecule has 0 bridgehead atoms. The summed E-state index contributed by atoms with van der Waals surface area (Å²) in [6.45, 7) is 1.86. The number of halogens is 1. The number of anilines is 1. The second-order valence-corrected chi connectivity index (χ2v) is 6.59. The van der Waals surface area contributed by atoms with Crippen molar-refractivity contribution in [3.05, 3.63) is 59.4 Å². The van der Waals surface area contributed by atoms with E-state index in [2.05, 4.69) is 4.72 Å². The van der Waals surface area contributed by atoms with Gasteiger partial charge < -0.3 is 5.73 Å². The monoisotopic (exact) mass is 324 g/mol. The summed E-state index contributed by atoms with van der Waals surface area (Å²) < 4.78 is 40.2.